The molecule has 2 heterocycles. The maximum Gasteiger partial charge on any atom is 0.234 e. The minimum Gasteiger partial charge on any atom is -0.315 e. The summed E-state index contributed by atoms with van der Waals surface area (Å²) >= 11 is 0. The number of amides is 1. The molecule has 0 unspecified atom stereocenters. The van der Waals surface area contributed by atoms with Crippen LogP contribution in [0.5, 0.6) is 0 Å². The lowest BCUT2D eigenvalue weighted by molar-refractivity contribution is -0.126. The Morgan fingerprint density at radius 2 is 1.94 bits per heavy atom. The fourth-order valence-corrected chi connectivity index (χ4v) is 3.41. The highest BCUT2D eigenvalue weighted by Gasteiger charge is 2.50. The summed E-state index contributed by atoms with van der Waals surface area (Å²) in [5.74, 6) is 0.303. The second kappa shape index (κ2) is 4.09. The molecule has 96 valence electrons. The summed E-state index contributed by atoms with van der Waals surface area (Å²) < 4.78 is 0. The van der Waals surface area contributed by atoms with E-state index in [1.807, 2.05) is 30.1 Å². The van der Waals surface area contributed by atoms with E-state index < -0.39 is 0 Å². The van der Waals surface area contributed by atoms with Gasteiger partial charge in [-0.3, -0.25) is 4.79 Å². The van der Waals surface area contributed by atoms with E-state index in [0.717, 1.165) is 43.7 Å². The molecule has 0 spiro atoms. The minimum absolute atomic E-state index is 0.100. The summed E-state index contributed by atoms with van der Waals surface area (Å²) in [6, 6.07) is 8.11. The van der Waals surface area contributed by atoms with Crippen molar-refractivity contribution in [2.75, 3.05) is 31.6 Å². The number of fused-ring (bicyclic) bond motifs is 2. The van der Waals surface area contributed by atoms with Crippen molar-refractivity contribution in [1.29, 1.82) is 0 Å². The van der Waals surface area contributed by atoms with Crippen LogP contribution in [0, 0.1) is 12.3 Å². The van der Waals surface area contributed by atoms with Gasteiger partial charge in [-0.05, 0) is 44.5 Å². The van der Waals surface area contributed by atoms with E-state index in [1.54, 1.807) is 0 Å². The first kappa shape index (κ1) is 11.7. The molecule has 1 amide bonds. The normalized spacial score (nSPS) is 29.6. The molecule has 3 nitrogen and oxygen atoms in total. The summed E-state index contributed by atoms with van der Waals surface area (Å²) in [5.41, 5.74) is 2.11. The lowest BCUT2D eigenvalue weighted by Crippen LogP contribution is -2.42. The third-order valence-corrected chi connectivity index (χ3v) is 4.57. The number of anilines is 1. The molecule has 0 aromatic heterocycles. The molecule has 3 heteroatoms. The SMILES string of the molecule is Cc1ccccc1N(C)C(=O)C12CCN(CC1)C2. The highest BCUT2D eigenvalue weighted by molar-refractivity contribution is 5.98. The molecular weight excluding hydrogens is 224 g/mol. The van der Waals surface area contributed by atoms with Crippen molar-refractivity contribution in [2.45, 2.75) is 19.8 Å². The van der Waals surface area contributed by atoms with Crippen molar-refractivity contribution in [3.63, 3.8) is 0 Å². The maximum atomic E-state index is 12.8. The number of hydrogen-bond acceptors (Lipinski definition) is 2. The van der Waals surface area contributed by atoms with Crippen LogP contribution in [0.15, 0.2) is 24.3 Å². The van der Waals surface area contributed by atoms with Gasteiger partial charge in [0.15, 0.2) is 0 Å². The summed E-state index contributed by atoms with van der Waals surface area (Å²) in [4.78, 5) is 17.0. The predicted octanol–water partition coefficient (Wildman–Crippen LogP) is 2.05. The molecule has 3 rings (SSSR count). The summed E-state index contributed by atoms with van der Waals surface area (Å²) in [5, 5.41) is 0. The van der Waals surface area contributed by atoms with Crippen LogP contribution in [-0.4, -0.2) is 37.5 Å². The van der Waals surface area contributed by atoms with Gasteiger partial charge >= 0.3 is 0 Å². The zero-order chi connectivity index (χ0) is 12.8. The zero-order valence-electron chi connectivity index (χ0n) is 11.1. The van der Waals surface area contributed by atoms with Crippen LogP contribution in [0.25, 0.3) is 0 Å². The van der Waals surface area contributed by atoms with Gasteiger partial charge in [0, 0.05) is 19.3 Å². The van der Waals surface area contributed by atoms with Crippen molar-refractivity contribution < 1.29 is 4.79 Å². The third-order valence-electron chi connectivity index (χ3n) is 4.57. The van der Waals surface area contributed by atoms with E-state index in [1.165, 1.54) is 0 Å². The summed E-state index contributed by atoms with van der Waals surface area (Å²) in [7, 11) is 1.92. The molecule has 2 bridgehead atoms. The monoisotopic (exact) mass is 244 g/mol. The van der Waals surface area contributed by atoms with Crippen molar-refractivity contribution >= 4 is 11.6 Å². The molecule has 2 aliphatic rings. The first-order valence-electron chi connectivity index (χ1n) is 6.69. The van der Waals surface area contributed by atoms with Gasteiger partial charge in [-0.25, -0.2) is 0 Å². The Kier molecular flexibility index (Phi) is 2.67. The molecule has 0 atom stereocenters. The van der Waals surface area contributed by atoms with Crippen LogP contribution < -0.4 is 4.90 Å². The molecule has 2 aliphatic heterocycles. The van der Waals surface area contributed by atoms with Gasteiger partial charge in [0.05, 0.1) is 5.41 Å². The second-order valence-corrected chi connectivity index (χ2v) is 5.71. The quantitative estimate of drug-likeness (QED) is 0.795. The maximum absolute atomic E-state index is 12.8. The standard InChI is InChI=1S/C15H20N2O/c1-12-5-3-4-6-13(12)16(2)14(18)15-7-9-17(11-15)10-8-15/h3-6H,7-11H2,1-2H3. The van der Waals surface area contributed by atoms with Crippen molar-refractivity contribution in [3.8, 4) is 0 Å². The van der Waals surface area contributed by atoms with E-state index in [9.17, 15) is 4.79 Å². The van der Waals surface area contributed by atoms with Crippen molar-refractivity contribution in [2.24, 2.45) is 5.41 Å². The Hall–Kier alpha value is -1.35. The second-order valence-electron chi connectivity index (χ2n) is 5.71. The number of carbonyl (C=O) groups excluding carboxylic acids is 1. The lowest BCUT2D eigenvalue weighted by Gasteiger charge is -2.30. The minimum atomic E-state index is -0.100. The van der Waals surface area contributed by atoms with E-state index in [0.29, 0.717) is 5.91 Å². The number of piperidine rings is 1. The summed E-state index contributed by atoms with van der Waals surface area (Å²) in [6.07, 6.45) is 2.06. The Morgan fingerprint density at radius 1 is 1.28 bits per heavy atom. The summed E-state index contributed by atoms with van der Waals surface area (Å²) in [6.45, 7) is 5.20. The zero-order valence-corrected chi connectivity index (χ0v) is 11.1. The van der Waals surface area contributed by atoms with Gasteiger partial charge in [-0.15, -0.1) is 0 Å². The van der Waals surface area contributed by atoms with Crippen molar-refractivity contribution in [3.05, 3.63) is 29.8 Å². The number of aryl methyl sites for hydroxylation is 1. The van der Waals surface area contributed by atoms with Gasteiger partial charge in [-0.2, -0.15) is 0 Å². The molecule has 2 saturated heterocycles. The van der Waals surface area contributed by atoms with E-state index in [2.05, 4.69) is 17.9 Å². The Bertz CT molecular complexity index is 475. The average molecular weight is 244 g/mol. The number of nitrogens with zero attached hydrogens (tertiary/aromatic N) is 2. The van der Waals surface area contributed by atoms with Crippen LogP contribution in [0.1, 0.15) is 18.4 Å². The van der Waals surface area contributed by atoms with Crippen LogP contribution in [0.2, 0.25) is 0 Å². The third kappa shape index (κ3) is 1.65. The number of rotatable bonds is 2. The average Bonchev–Trinajstić information content (AvgIpc) is 2.99. The number of para-hydroxylation sites is 1. The van der Waals surface area contributed by atoms with Gasteiger partial charge in [-0.1, -0.05) is 18.2 Å². The molecule has 2 fully saturated rings. The number of benzene rings is 1. The van der Waals surface area contributed by atoms with Gasteiger partial charge in [0.1, 0.15) is 0 Å². The smallest absolute Gasteiger partial charge is 0.234 e. The van der Waals surface area contributed by atoms with Crippen LogP contribution in [0.4, 0.5) is 5.69 Å². The number of hydrogen-bond donors (Lipinski definition) is 0. The van der Waals surface area contributed by atoms with Crippen LogP contribution >= 0.6 is 0 Å². The molecule has 0 N–H and O–H groups in total. The fourth-order valence-electron chi connectivity index (χ4n) is 3.41. The van der Waals surface area contributed by atoms with Gasteiger partial charge in [0.2, 0.25) is 5.91 Å². The highest BCUT2D eigenvalue weighted by atomic mass is 16.2. The van der Waals surface area contributed by atoms with Crippen LogP contribution in [0.3, 0.4) is 0 Å². The first-order valence-corrected chi connectivity index (χ1v) is 6.69. The highest BCUT2D eigenvalue weighted by Crippen LogP contribution is 2.42. The fraction of sp³-hybridized carbons (Fsp3) is 0.533. The lowest BCUT2D eigenvalue weighted by atomic mass is 9.83. The van der Waals surface area contributed by atoms with Gasteiger partial charge < -0.3 is 9.80 Å². The number of carbonyl (C=O) groups is 1. The van der Waals surface area contributed by atoms with E-state index >= 15 is 0 Å². The molecule has 0 radical (unpaired) electrons. The Balaban J connectivity index is 1.87. The predicted molar refractivity (Wildman–Crippen MR) is 72.7 cm³/mol. The van der Waals surface area contributed by atoms with Crippen LogP contribution in [-0.2, 0) is 4.79 Å². The first-order chi connectivity index (χ1) is 8.62. The Labute approximate surface area is 108 Å². The van der Waals surface area contributed by atoms with E-state index in [4.69, 9.17) is 0 Å². The van der Waals surface area contributed by atoms with E-state index in [-0.39, 0.29) is 5.41 Å². The van der Waals surface area contributed by atoms with Gasteiger partial charge in [0.25, 0.3) is 0 Å². The molecule has 1 aromatic rings. The largest absolute Gasteiger partial charge is 0.315 e. The molecule has 18 heavy (non-hydrogen) atoms. The molecule has 1 aromatic carbocycles. The molecular formula is C15H20N2O. The van der Waals surface area contributed by atoms with Crippen molar-refractivity contribution in [1.82, 2.24) is 4.90 Å². The molecule has 0 aliphatic carbocycles. The topological polar surface area (TPSA) is 23.6 Å². The Morgan fingerprint density at radius 3 is 2.50 bits per heavy atom. The molecule has 0 saturated carbocycles.